The first-order valence-electron chi connectivity index (χ1n) is 9.02. The predicted molar refractivity (Wildman–Crippen MR) is 96.7 cm³/mol. The normalized spacial score (nSPS) is 26.2. The number of Topliss-reactive ketones (excluding diaryl/α,β-unsaturated/α-hetero) is 1. The molecule has 0 unspecified atom stereocenters. The van der Waals surface area contributed by atoms with Gasteiger partial charge in [0.1, 0.15) is 18.8 Å². The number of ketones is 1. The fourth-order valence-corrected chi connectivity index (χ4v) is 3.70. The van der Waals surface area contributed by atoms with E-state index in [0.717, 1.165) is 11.1 Å². The van der Waals surface area contributed by atoms with Gasteiger partial charge in [0.15, 0.2) is 5.78 Å². The number of hydrogen-bond donors (Lipinski definition) is 1. The summed E-state index contributed by atoms with van der Waals surface area (Å²) in [6, 6.07) is 18.5. The molecule has 1 amide bonds. The number of carbonyl (C=O) groups excluding carboxylic acids is 2. The maximum atomic E-state index is 12.8. The minimum Gasteiger partial charge on any atom is -0.445 e. The maximum Gasteiger partial charge on any atom is 0.410 e. The van der Waals surface area contributed by atoms with Gasteiger partial charge in [-0.25, -0.2) is 4.79 Å². The largest absolute Gasteiger partial charge is 0.445 e. The molecule has 2 aromatic rings. The van der Waals surface area contributed by atoms with Gasteiger partial charge in [0.25, 0.3) is 0 Å². The molecule has 2 heterocycles. The second-order valence-corrected chi connectivity index (χ2v) is 6.90. The third kappa shape index (κ3) is 3.59. The lowest BCUT2D eigenvalue weighted by molar-refractivity contribution is -0.129. The Hall–Kier alpha value is -2.70. The minimum atomic E-state index is -1.09. The quantitative estimate of drug-likeness (QED) is 0.878. The summed E-state index contributed by atoms with van der Waals surface area (Å²) in [5.41, 5.74) is 1.83. The molecule has 2 aliphatic rings. The maximum absolute atomic E-state index is 12.8. The van der Waals surface area contributed by atoms with Crippen molar-refractivity contribution in [3.63, 3.8) is 0 Å². The van der Waals surface area contributed by atoms with E-state index in [-0.39, 0.29) is 12.4 Å². The first-order chi connectivity index (χ1) is 13.1. The zero-order chi connectivity index (χ0) is 18.8. The molecule has 6 nitrogen and oxygen atoms in total. The van der Waals surface area contributed by atoms with Crippen molar-refractivity contribution in [2.75, 3.05) is 0 Å². The number of rotatable bonds is 5. The number of fused-ring (bicyclic) bond motifs is 2. The van der Waals surface area contributed by atoms with E-state index in [9.17, 15) is 14.7 Å². The summed E-state index contributed by atoms with van der Waals surface area (Å²) in [5, 5.41) is 9.86. The molecule has 2 aromatic carbocycles. The minimum absolute atomic E-state index is 0.156. The van der Waals surface area contributed by atoms with Gasteiger partial charge in [-0.3, -0.25) is 9.69 Å². The highest BCUT2D eigenvalue weighted by atomic mass is 16.6. The molecule has 2 fully saturated rings. The highest BCUT2D eigenvalue weighted by Crippen LogP contribution is 2.36. The summed E-state index contributed by atoms with van der Waals surface area (Å²) in [7, 11) is 0. The fourth-order valence-electron chi connectivity index (χ4n) is 3.70. The van der Waals surface area contributed by atoms with Gasteiger partial charge in [-0.05, 0) is 11.1 Å². The van der Waals surface area contributed by atoms with Gasteiger partial charge < -0.3 is 14.6 Å². The molecular formula is C21H21NO5. The fraction of sp³-hybridized carbons (Fsp3) is 0.333. The van der Waals surface area contributed by atoms with Crippen molar-refractivity contribution in [2.45, 2.75) is 43.9 Å². The Bertz CT molecular complexity index is 810. The average molecular weight is 367 g/mol. The van der Waals surface area contributed by atoms with E-state index in [4.69, 9.17) is 9.47 Å². The molecule has 1 N–H and O–H groups in total. The van der Waals surface area contributed by atoms with E-state index in [2.05, 4.69) is 0 Å². The van der Waals surface area contributed by atoms with Crippen LogP contribution in [0.1, 0.15) is 17.5 Å². The highest BCUT2D eigenvalue weighted by Gasteiger charge is 2.56. The second-order valence-electron chi connectivity index (χ2n) is 6.90. The predicted octanol–water partition coefficient (Wildman–Crippen LogP) is 2.30. The van der Waals surface area contributed by atoms with E-state index in [0.29, 0.717) is 13.0 Å². The van der Waals surface area contributed by atoms with Gasteiger partial charge >= 0.3 is 6.09 Å². The molecule has 4 atom stereocenters. The van der Waals surface area contributed by atoms with Crippen LogP contribution in [0.2, 0.25) is 0 Å². The molecule has 2 bridgehead atoms. The van der Waals surface area contributed by atoms with E-state index >= 15 is 0 Å². The number of carbonyl (C=O) groups is 2. The summed E-state index contributed by atoms with van der Waals surface area (Å²) >= 11 is 0. The highest BCUT2D eigenvalue weighted by molar-refractivity contribution is 5.92. The smallest absolute Gasteiger partial charge is 0.410 e. The molecule has 0 aliphatic carbocycles. The number of hydrogen-bond acceptors (Lipinski definition) is 5. The summed E-state index contributed by atoms with van der Waals surface area (Å²) < 4.78 is 11.1. The lowest BCUT2D eigenvalue weighted by Crippen LogP contribution is -2.51. The monoisotopic (exact) mass is 367 g/mol. The van der Waals surface area contributed by atoms with E-state index in [1.807, 2.05) is 60.7 Å². The van der Waals surface area contributed by atoms with Crippen LogP contribution in [0.4, 0.5) is 4.79 Å². The lowest BCUT2D eigenvalue weighted by atomic mass is 9.90. The number of aliphatic hydroxyl groups is 1. The van der Waals surface area contributed by atoms with Crippen LogP contribution in [0, 0.1) is 0 Å². The van der Waals surface area contributed by atoms with E-state index in [1.165, 1.54) is 0 Å². The van der Waals surface area contributed by atoms with Gasteiger partial charge in [0.2, 0.25) is 0 Å². The van der Waals surface area contributed by atoms with E-state index in [1.54, 1.807) is 4.90 Å². The van der Waals surface area contributed by atoms with Crippen molar-refractivity contribution >= 4 is 11.9 Å². The molecule has 0 saturated carbocycles. The standard InChI is InChI=1S/C21H21NO5/c23-18-17-11-16(20(27-17)19(18)24)22(12-14-7-3-1-4-8-14)21(25)26-13-15-9-5-2-6-10-15/h1-10,16-18,20,23H,11-13H2/t16-,17-,18-,20+/m0/s1. The van der Waals surface area contributed by atoms with Crippen LogP contribution in [0.15, 0.2) is 60.7 Å². The Morgan fingerprint density at radius 2 is 1.70 bits per heavy atom. The molecule has 4 rings (SSSR count). The van der Waals surface area contributed by atoms with Crippen molar-refractivity contribution in [1.82, 2.24) is 4.90 Å². The van der Waals surface area contributed by atoms with Gasteiger partial charge in [-0.1, -0.05) is 60.7 Å². The molecule has 27 heavy (non-hydrogen) atoms. The summed E-state index contributed by atoms with van der Waals surface area (Å²) in [4.78, 5) is 26.6. The zero-order valence-electron chi connectivity index (χ0n) is 14.7. The van der Waals surface area contributed by atoms with Gasteiger partial charge in [0, 0.05) is 13.0 Å². The number of aliphatic hydroxyl groups excluding tert-OH is 1. The van der Waals surface area contributed by atoms with E-state index < -0.39 is 30.4 Å². The van der Waals surface area contributed by atoms with Gasteiger partial charge in [0.05, 0.1) is 12.1 Å². The van der Waals surface area contributed by atoms with Crippen molar-refractivity contribution < 1.29 is 24.2 Å². The summed E-state index contributed by atoms with van der Waals surface area (Å²) in [6.07, 6.45) is -2.51. The topological polar surface area (TPSA) is 76.1 Å². The van der Waals surface area contributed by atoms with Crippen LogP contribution >= 0.6 is 0 Å². The Labute approximate surface area is 157 Å². The van der Waals surface area contributed by atoms with Crippen LogP contribution in [0.5, 0.6) is 0 Å². The molecule has 140 valence electrons. The molecule has 6 heteroatoms. The Morgan fingerprint density at radius 3 is 2.30 bits per heavy atom. The average Bonchev–Trinajstić information content (AvgIpc) is 3.26. The third-order valence-electron chi connectivity index (χ3n) is 5.10. The SMILES string of the molecule is O=C1[C@@H](O)[C@@H]2C[C@H](N(Cc3ccccc3)C(=O)OCc3ccccc3)[C@H]1O2. The van der Waals surface area contributed by atoms with Crippen LogP contribution in [-0.4, -0.2) is 46.2 Å². The van der Waals surface area contributed by atoms with Gasteiger partial charge in [-0.15, -0.1) is 0 Å². The van der Waals surface area contributed by atoms with Crippen LogP contribution in [0.25, 0.3) is 0 Å². The summed E-state index contributed by atoms with van der Waals surface area (Å²) in [6.45, 7) is 0.471. The van der Waals surface area contributed by atoms with Gasteiger partial charge in [-0.2, -0.15) is 0 Å². The second kappa shape index (κ2) is 7.50. The Kier molecular flexibility index (Phi) is 4.92. The van der Waals surface area contributed by atoms with Crippen molar-refractivity contribution in [3.05, 3.63) is 71.8 Å². The number of benzene rings is 2. The molecule has 0 aromatic heterocycles. The molecule has 2 aliphatic heterocycles. The van der Waals surface area contributed by atoms with Crippen LogP contribution in [-0.2, 0) is 27.4 Å². The number of ether oxygens (including phenoxy) is 2. The molecule has 2 saturated heterocycles. The first-order valence-corrected chi connectivity index (χ1v) is 9.02. The first kappa shape index (κ1) is 17.7. The number of nitrogens with zero attached hydrogens (tertiary/aromatic N) is 1. The summed E-state index contributed by atoms with van der Waals surface area (Å²) in [5.74, 6) is -0.356. The van der Waals surface area contributed by atoms with Crippen LogP contribution in [0.3, 0.4) is 0 Å². The molecule has 0 radical (unpaired) electrons. The third-order valence-corrected chi connectivity index (χ3v) is 5.10. The Morgan fingerprint density at radius 1 is 1.07 bits per heavy atom. The molecular weight excluding hydrogens is 346 g/mol. The van der Waals surface area contributed by atoms with Crippen molar-refractivity contribution in [1.29, 1.82) is 0 Å². The van der Waals surface area contributed by atoms with Crippen LogP contribution < -0.4 is 0 Å². The number of amides is 1. The van der Waals surface area contributed by atoms with Crippen molar-refractivity contribution in [2.24, 2.45) is 0 Å². The van der Waals surface area contributed by atoms with Crippen molar-refractivity contribution in [3.8, 4) is 0 Å². The zero-order valence-corrected chi connectivity index (χ0v) is 14.7. The lowest BCUT2D eigenvalue weighted by Gasteiger charge is -2.32. The Balaban J connectivity index is 1.51. The molecule has 0 spiro atoms.